The zero-order valence-corrected chi connectivity index (χ0v) is 33.9. The van der Waals surface area contributed by atoms with Gasteiger partial charge in [0.05, 0.1) is 37.9 Å². The molecule has 4 atom stereocenters. The van der Waals surface area contributed by atoms with Gasteiger partial charge in [0.15, 0.2) is 0 Å². The fraction of sp³-hybridized carbons (Fsp3) is 0.878. The molecule has 10 heteroatoms. The lowest BCUT2D eigenvalue weighted by Gasteiger charge is -2.24. The molecule has 0 radical (unpaired) electrons. The summed E-state index contributed by atoms with van der Waals surface area (Å²) < 4.78 is 21.9. The van der Waals surface area contributed by atoms with E-state index >= 15 is 0 Å². The SMILES string of the molecule is CCCCCCCC/C=C/C(O)C(COP(=O)(O)OCCN)NC(=O)CC(O)CCCCCCC/C=C\CCCCCCCCCCCCCC. The predicted octanol–water partition coefficient (Wildman–Crippen LogP) is 10.4. The van der Waals surface area contributed by atoms with Crippen LogP contribution in [0.5, 0.6) is 0 Å². The lowest BCUT2D eigenvalue weighted by molar-refractivity contribution is -0.124. The van der Waals surface area contributed by atoms with Crippen molar-refractivity contribution in [2.45, 2.75) is 212 Å². The molecule has 9 nitrogen and oxygen atoms in total. The van der Waals surface area contributed by atoms with Gasteiger partial charge in [-0.15, -0.1) is 0 Å². The first-order chi connectivity index (χ1) is 24.8. The zero-order valence-electron chi connectivity index (χ0n) is 33.0. The van der Waals surface area contributed by atoms with E-state index in [2.05, 4.69) is 31.3 Å². The molecule has 1 amide bonds. The van der Waals surface area contributed by atoms with Gasteiger partial charge >= 0.3 is 7.82 Å². The van der Waals surface area contributed by atoms with E-state index in [0.717, 1.165) is 51.4 Å². The number of aliphatic hydroxyl groups excluding tert-OH is 2. The van der Waals surface area contributed by atoms with Crippen LogP contribution in [0, 0.1) is 0 Å². The van der Waals surface area contributed by atoms with E-state index < -0.39 is 38.6 Å². The van der Waals surface area contributed by atoms with Crippen LogP contribution < -0.4 is 11.1 Å². The Morgan fingerprint density at radius 1 is 0.667 bits per heavy atom. The van der Waals surface area contributed by atoms with Crippen molar-refractivity contribution in [3.63, 3.8) is 0 Å². The normalized spacial score (nSPS) is 15.0. The Balaban J connectivity index is 4.15. The molecule has 0 aliphatic heterocycles. The highest BCUT2D eigenvalue weighted by molar-refractivity contribution is 7.47. The second-order valence-electron chi connectivity index (χ2n) is 14.4. The molecule has 0 heterocycles. The Kier molecular flexibility index (Phi) is 36.5. The van der Waals surface area contributed by atoms with Crippen molar-refractivity contribution in [1.29, 1.82) is 0 Å². The number of aliphatic hydroxyl groups is 2. The van der Waals surface area contributed by atoms with Gasteiger partial charge in [0, 0.05) is 6.54 Å². The molecule has 0 rings (SSSR count). The number of carbonyl (C=O) groups excluding carboxylic acids is 1. The van der Waals surface area contributed by atoms with E-state index in [1.165, 1.54) is 116 Å². The van der Waals surface area contributed by atoms with E-state index in [1.54, 1.807) is 6.08 Å². The first-order valence-corrected chi connectivity index (χ1v) is 22.5. The van der Waals surface area contributed by atoms with Gasteiger partial charge in [0.2, 0.25) is 5.91 Å². The molecule has 302 valence electrons. The lowest BCUT2D eigenvalue weighted by Crippen LogP contribution is -2.46. The number of hydrogen-bond donors (Lipinski definition) is 5. The summed E-state index contributed by atoms with van der Waals surface area (Å²) in [4.78, 5) is 22.6. The van der Waals surface area contributed by atoms with Crippen LogP contribution in [0.3, 0.4) is 0 Å². The van der Waals surface area contributed by atoms with Crippen molar-refractivity contribution in [2.75, 3.05) is 19.8 Å². The largest absolute Gasteiger partial charge is 0.472 e. The number of phosphoric acid groups is 1. The summed E-state index contributed by atoms with van der Waals surface area (Å²) in [5.74, 6) is -0.453. The fourth-order valence-corrected chi connectivity index (χ4v) is 6.87. The Morgan fingerprint density at radius 2 is 1.10 bits per heavy atom. The number of phosphoric ester groups is 1. The van der Waals surface area contributed by atoms with Crippen LogP contribution in [0.25, 0.3) is 0 Å². The van der Waals surface area contributed by atoms with Gasteiger partial charge < -0.3 is 26.2 Å². The second kappa shape index (κ2) is 37.3. The smallest absolute Gasteiger partial charge is 0.393 e. The minimum atomic E-state index is -4.39. The molecular formula is C41H81N2O7P. The van der Waals surface area contributed by atoms with Crippen molar-refractivity contribution < 1.29 is 33.5 Å². The van der Waals surface area contributed by atoms with Crippen LogP contribution in [-0.2, 0) is 18.4 Å². The van der Waals surface area contributed by atoms with E-state index in [-0.39, 0.29) is 19.6 Å². The van der Waals surface area contributed by atoms with Crippen LogP contribution >= 0.6 is 7.82 Å². The molecule has 0 aromatic heterocycles. The van der Waals surface area contributed by atoms with Gasteiger partial charge in [0.1, 0.15) is 0 Å². The molecule has 6 N–H and O–H groups in total. The van der Waals surface area contributed by atoms with Gasteiger partial charge in [-0.25, -0.2) is 4.57 Å². The van der Waals surface area contributed by atoms with E-state index in [4.69, 9.17) is 14.8 Å². The van der Waals surface area contributed by atoms with Crippen molar-refractivity contribution in [3.8, 4) is 0 Å². The van der Waals surface area contributed by atoms with Crippen LogP contribution in [0.4, 0.5) is 0 Å². The number of unbranched alkanes of at least 4 members (excludes halogenated alkanes) is 23. The molecule has 51 heavy (non-hydrogen) atoms. The first-order valence-electron chi connectivity index (χ1n) is 21.0. The lowest BCUT2D eigenvalue weighted by atomic mass is 10.0. The van der Waals surface area contributed by atoms with Crippen molar-refractivity contribution >= 4 is 13.7 Å². The van der Waals surface area contributed by atoms with Crippen molar-refractivity contribution in [3.05, 3.63) is 24.3 Å². The van der Waals surface area contributed by atoms with Crippen LogP contribution in [0.2, 0.25) is 0 Å². The van der Waals surface area contributed by atoms with Gasteiger partial charge in [-0.3, -0.25) is 13.8 Å². The average molecular weight is 745 g/mol. The number of allylic oxidation sites excluding steroid dienone is 3. The number of rotatable bonds is 39. The molecule has 0 saturated heterocycles. The monoisotopic (exact) mass is 745 g/mol. The van der Waals surface area contributed by atoms with E-state index in [0.29, 0.717) is 6.42 Å². The van der Waals surface area contributed by atoms with Gasteiger partial charge in [0.25, 0.3) is 0 Å². The molecule has 0 saturated carbocycles. The van der Waals surface area contributed by atoms with E-state index in [9.17, 15) is 24.5 Å². The second-order valence-corrected chi connectivity index (χ2v) is 15.8. The number of nitrogens with two attached hydrogens (primary N) is 1. The molecular weight excluding hydrogens is 663 g/mol. The summed E-state index contributed by atoms with van der Waals surface area (Å²) in [6, 6.07) is -0.981. The summed E-state index contributed by atoms with van der Waals surface area (Å²) in [7, 11) is -4.39. The predicted molar refractivity (Wildman–Crippen MR) is 214 cm³/mol. The summed E-state index contributed by atoms with van der Waals surface area (Å²) >= 11 is 0. The maximum Gasteiger partial charge on any atom is 0.472 e. The molecule has 0 aliphatic rings. The van der Waals surface area contributed by atoms with Crippen LogP contribution in [-0.4, -0.2) is 59.0 Å². The quantitative estimate of drug-likeness (QED) is 0.0237. The fourth-order valence-electron chi connectivity index (χ4n) is 6.11. The van der Waals surface area contributed by atoms with Gasteiger partial charge in [-0.2, -0.15) is 0 Å². The molecule has 0 aromatic carbocycles. The highest BCUT2D eigenvalue weighted by atomic mass is 31.2. The third-order valence-corrected chi connectivity index (χ3v) is 10.3. The zero-order chi connectivity index (χ0) is 37.7. The topological polar surface area (TPSA) is 151 Å². The number of carbonyl (C=O) groups is 1. The Labute approximate surface area is 313 Å². The van der Waals surface area contributed by atoms with Crippen molar-refractivity contribution in [1.82, 2.24) is 5.32 Å². The minimum Gasteiger partial charge on any atom is -0.393 e. The Bertz CT molecular complexity index is 873. The Morgan fingerprint density at radius 3 is 1.57 bits per heavy atom. The van der Waals surface area contributed by atoms with Gasteiger partial charge in [-0.05, 0) is 44.9 Å². The standard InChI is InChI=1S/C41H81N2O7P/c1-3-5-7-9-11-13-14-15-16-17-18-19-20-21-22-23-24-25-26-28-30-32-38(44)36-41(46)43-39(37-50-51(47,48)49-35-34-42)40(45)33-31-29-27-12-10-8-6-4-2/h21-22,31,33,38-40,44-45H,3-20,23-30,32,34-37,42H2,1-2H3,(H,43,46)(H,47,48)/b22-21-,33-31+. The number of amides is 1. The van der Waals surface area contributed by atoms with Gasteiger partial charge in [-0.1, -0.05) is 167 Å². The minimum absolute atomic E-state index is 0.0483. The summed E-state index contributed by atoms with van der Waals surface area (Å²) in [6.07, 6.45) is 38.6. The maximum atomic E-state index is 12.7. The van der Waals surface area contributed by atoms with E-state index in [1.807, 2.05) is 6.08 Å². The molecule has 0 aliphatic carbocycles. The molecule has 0 spiro atoms. The summed E-state index contributed by atoms with van der Waals surface area (Å²) in [6.45, 7) is 3.92. The number of nitrogens with one attached hydrogen (secondary N) is 1. The summed E-state index contributed by atoms with van der Waals surface area (Å²) in [5.41, 5.74) is 5.34. The first kappa shape index (κ1) is 49.9. The van der Waals surface area contributed by atoms with Crippen LogP contribution in [0.15, 0.2) is 24.3 Å². The number of hydrogen-bond acceptors (Lipinski definition) is 7. The Hall–Kier alpha value is -1.06. The molecule has 0 bridgehead atoms. The maximum absolute atomic E-state index is 12.7. The third kappa shape index (κ3) is 35.7. The molecule has 4 unspecified atom stereocenters. The highest BCUT2D eigenvalue weighted by Crippen LogP contribution is 2.43. The highest BCUT2D eigenvalue weighted by Gasteiger charge is 2.27. The molecule has 0 aromatic rings. The molecule has 0 fully saturated rings. The average Bonchev–Trinajstić information content (AvgIpc) is 3.10. The van der Waals surface area contributed by atoms with Crippen molar-refractivity contribution in [2.24, 2.45) is 5.73 Å². The summed E-state index contributed by atoms with van der Waals surface area (Å²) in [5, 5.41) is 23.9. The third-order valence-electron chi connectivity index (χ3n) is 9.33. The van der Waals surface area contributed by atoms with Crippen LogP contribution in [0.1, 0.15) is 194 Å².